The molecule has 0 bridgehead atoms. The second kappa shape index (κ2) is 3.49. The van der Waals surface area contributed by atoms with Crippen LogP contribution >= 0.6 is 0 Å². The summed E-state index contributed by atoms with van der Waals surface area (Å²) < 4.78 is 1.96. The summed E-state index contributed by atoms with van der Waals surface area (Å²) in [5, 5.41) is 0. The molecular weight excluding hydrogens is 176 g/mol. The van der Waals surface area contributed by atoms with Crippen molar-refractivity contribution < 1.29 is 0 Å². The molecule has 0 amide bonds. The smallest absolute Gasteiger partial charge is 0.138 e. The molecule has 2 aromatic heterocycles. The lowest BCUT2D eigenvalue weighted by Gasteiger charge is -2.04. The fourth-order valence-corrected chi connectivity index (χ4v) is 1.34. The van der Waals surface area contributed by atoms with Crippen molar-refractivity contribution in [3.05, 3.63) is 36.5 Å². The molecular formula is C10H12N4. The van der Waals surface area contributed by atoms with Crippen molar-refractivity contribution in [1.29, 1.82) is 0 Å². The summed E-state index contributed by atoms with van der Waals surface area (Å²) >= 11 is 0. The van der Waals surface area contributed by atoms with E-state index in [0.717, 1.165) is 18.1 Å². The maximum atomic E-state index is 5.56. The Bertz CT molecular complexity index is 416. The van der Waals surface area contributed by atoms with Gasteiger partial charge in [0.05, 0.1) is 11.9 Å². The van der Waals surface area contributed by atoms with Crippen LogP contribution in [-0.2, 0) is 6.42 Å². The van der Waals surface area contributed by atoms with Crippen LogP contribution in [0.25, 0.3) is 5.82 Å². The van der Waals surface area contributed by atoms with E-state index in [2.05, 4.69) is 16.9 Å². The van der Waals surface area contributed by atoms with Gasteiger partial charge in [-0.2, -0.15) is 0 Å². The molecule has 0 saturated heterocycles. The number of anilines is 1. The molecule has 0 atom stereocenters. The van der Waals surface area contributed by atoms with Crippen LogP contribution in [0.3, 0.4) is 0 Å². The number of aryl methyl sites for hydroxylation is 1. The van der Waals surface area contributed by atoms with Gasteiger partial charge in [-0.1, -0.05) is 6.92 Å². The molecule has 0 aliphatic rings. The number of pyridine rings is 1. The maximum absolute atomic E-state index is 5.56. The average Bonchev–Trinajstić information content (AvgIpc) is 2.67. The fourth-order valence-electron chi connectivity index (χ4n) is 1.34. The van der Waals surface area contributed by atoms with Gasteiger partial charge in [0, 0.05) is 18.8 Å². The van der Waals surface area contributed by atoms with Gasteiger partial charge in [-0.3, -0.25) is 4.57 Å². The molecule has 0 aromatic carbocycles. The van der Waals surface area contributed by atoms with Crippen LogP contribution in [0, 0.1) is 0 Å². The summed E-state index contributed by atoms with van der Waals surface area (Å²) in [7, 11) is 0. The highest BCUT2D eigenvalue weighted by molar-refractivity contribution is 5.39. The second-order valence-corrected chi connectivity index (χ2v) is 3.02. The molecule has 0 aliphatic heterocycles. The van der Waals surface area contributed by atoms with Crippen LogP contribution in [0.1, 0.15) is 12.7 Å². The quantitative estimate of drug-likeness (QED) is 0.775. The molecule has 4 heteroatoms. The van der Waals surface area contributed by atoms with Crippen molar-refractivity contribution in [2.75, 3.05) is 5.73 Å². The third kappa shape index (κ3) is 1.46. The zero-order valence-corrected chi connectivity index (χ0v) is 8.01. The predicted octanol–water partition coefficient (Wildman–Crippen LogP) is 1.41. The number of nitrogens with two attached hydrogens (primary N) is 1. The molecule has 0 fully saturated rings. The van der Waals surface area contributed by atoms with Crippen LogP contribution in [0.5, 0.6) is 0 Å². The van der Waals surface area contributed by atoms with E-state index in [-0.39, 0.29) is 0 Å². The molecule has 4 nitrogen and oxygen atoms in total. The average molecular weight is 188 g/mol. The third-order valence-corrected chi connectivity index (χ3v) is 2.05. The minimum atomic E-state index is 0.673. The fraction of sp³-hybridized carbons (Fsp3) is 0.200. The Morgan fingerprint density at radius 3 is 2.86 bits per heavy atom. The number of hydrogen-bond donors (Lipinski definition) is 1. The normalized spacial score (nSPS) is 10.4. The Morgan fingerprint density at radius 1 is 1.36 bits per heavy atom. The Morgan fingerprint density at radius 2 is 2.21 bits per heavy atom. The molecule has 2 N–H and O–H groups in total. The molecule has 0 radical (unpaired) electrons. The second-order valence-electron chi connectivity index (χ2n) is 3.02. The Hall–Kier alpha value is -1.84. The first-order chi connectivity index (χ1) is 6.81. The van der Waals surface area contributed by atoms with E-state index >= 15 is 0 Å². The summed E-state index contributed by atoms with van der Waals surface area (Å²) in [4.78, 5) is 8.45. The van der Waals surface area contributed by atoms with Crippen molar-refractivity contribution in [2.45, 2.75) is 13.3 Å². The molecule has 0 saturated carbocycles. The van der Waals surface area contributed by atoms with Gasteiger partial charge in [0.15, 0.2) is 0 Å². The van der Waals surface area contributed by atoms with E-state index in [9.17, 15) is 0 Å². The lowest BCUT2D eigenvalue weighted by atomic mass is 10.4. The molecule has 72 valence electrons. The van der Waals surface area contributed by atoms with Crippen LogP contribution in [0.15, 0.2) is 30.7 Å². The van der Waals surface area contributed by atoms with Gasteiger partial charge in [0.1, 0.15) is 11.6 Å². The number of hydrogen-bond acceptors (Lipinski definition) is 3. The molecule has 14 heavy (non-hydrogen) atoms. The largest absolute Gasteiger partial charge is 0.397 e. The van der Waals surface area contributed by atoms with Gasteiger partial charge in [0.25, 0.3) is 0 Å². The number of nitrogen functional groups attached to an aromatic ring is 1. The van der Waals surface area contributed by atoms with Crippen molar-refractivity contribution in [3.63, 3.8) is 0 Å². The summed E-state index contributed by atoms with van der Waals surface area (Å²) in [5.74, 6) is 1.86. The zero-order valence-electron chi connectivity index (χ0n) is 8.01. The minimum Gasteiger partial charge on any atom is -0.397 e. The zero-order chi connectivity index (χ0) is 9.97. The molecule has 2 heterocycles. The minimum absolute atomic E-state index is 0.673. The Kier molecular flexibility index (Phi) is 2.18. The van der Waals surface area contributed by atoms with Crippen molar-refractivity contribution in [1.82, 2.24) is 14.5 Å². The highest BCUT2D eigenvalue weighted by Gasteiger charge is 2.02. The molecule has 0 aliphatic carbocycles. The predicted molar refractivity (Wildman–Crippen MR) is 55.1 cm³/mol. The number of aromatic nitrogens is 3. The summed E-state index contributed by atoms with van der Waals surface area (Å²) in [5.41, 5.74) is 6.24. The Balaban J connectivity index is 2.44. The van der Waals surface area contributed by atoms with Crippen molar-refractivity contribution >= 4 is 5.69 Å². The first-order valence-electron chi connectivity index (χ1n) is 4.55. The van der Waals surface area contributed by atoms with Gasteiger partial charge >= 0.3 is 0 Å². The molecule has 0 unspecified atom stereocenters. The summed E-state index contributed by atoms with van der Waals surface area (Å²) in [6, 6.07) is 3.72. The first-order valence-corrected chi connectivity index (χ1v) is 4.55. The van der Waals surface area contributed by atoms with E-state index < -0.39 is 0 Å². The van der Waals surface area contributed by atoms with Crippen LogP contribution in [0.4, 0.5) is 5.69 Å². The van der Waals surface area contributed by atoms with Gasteiger partial charge < -0.3 is 5.73 Å². The SMILES string of the molecule is CCc1nccn1-c1ccc(N)cn1. The summed E-state index contributed by atoms with van der Waals surface area (Å²) in [6.07, 6.45) is 6.21. The van der Waals surface area contributed by atoms with Gasteiger partial charge in [-0.05, 0) is 12.1 Å². The van der Waals surface area contributed by atoms with Gasteiger partial charge in [0.2, 0.25) is 0 Å². The lowest BCUT2D eigenvalue weighted by molar-refractivity contribution is 0.868. The topological polar surface area (TPSA) is 56.7 Å². The highest BCUT2D eigenvalue weighted by atomic mass is 15.1. The van der Waals surface area contributed by atoms with E-state index in [1.165, 1.54) is 0 Å². The molecule has 2 aromatic rings. The maximum Gasteiger partial charge on any atom is 0.138 e. The number of imidazole rings is 1. The van der Waals surface area contributed by atoms with E-state index in [4.69, 9.17) is 5.73 Å². The van der Waals surface area contributed by atoms with Crippen LogP contribution in [0.2, 0.25) is 0 Å². The van der Waals surface area contributed by atoms with Crippen LogP contribution < -0.4 is 5.73 Å². The van der Waals surface area contributed by atoms with E-state index in [0.29, 0.717) is 5.69 Å². The number of nitrogens with zero attached hydrogens (tertiary/aromatic N) is 3. The van der Waals surface area contributed by atoms with Crippen molar-refractivity contribution in [3.8, 4) is 5.82 Å². The van der Waals surface area contributed by atoms with E-state index in [1.54, 1.807) is 12.4 Å². The van der Waals surface area contributed by atoms with Crippen molar-refractivity contribution in [2.24, 2.45) is 0 Å². The van der Waals surface area contributed by atoms with Crippen LogP contribution in [-0.4, -0.2) is 14.5 Å². The highest BCUT2D eigenvalue weighted by Crippen LogP contribution is 2.09. The van der Waals surface area contributed by atoms with Gasteiger partial charge in [-0.25, -0.2) is 9.97 Å². The monoisotopic (exact) mass is 188 g/mol. The standard InChI is InChI=1S/C10H12N4/c1-2-9-12-5-6-14(9)10-4-3-8(11)7-13-10/h3-7H,2,11H2,1H3. The summed E-state index contributed by atoms with van der Waals surface area (Å²) in [6.45, 7) is 2.07. The Labute approximate surface area is 82.4 Å². The lowest BCUT2D eigenvalue weighted by Crippen LogP contribution is -2.01. The third-order valence-electron chi connectivity index (χ3n) is 2.05. The van der Waals surface area contributed by atoms with Gasteiger partial charge in [-0.15, -0.1) is 0 Å². The first kappa shape index (κ1) is 8.74. The van der Waals surface area contributed by atoms with E-state index in [1.807, 2.05) is 22.9 Å². The number of rotatable bonds is 2. The molecule has 0 spiro atoms. The molecule has 2 rings (SSSR count).